The smallest absolute Gasteiger partial charge is 0.319 e. The molecule has 1 fully saturated rings. The van der Waals surface area contributed by atoms with E-state index in [1.54, 1.807) is 4.90 Å². The Morgan fingerprint density at radius 2 is 1.87 bits per heavy atom. The van der Waals surface area contributed by atoms with Crippen LogP contribution in [0.4, 0.5) is 10.5 Å². The van der Waals surface area contributed by atoms with Gasteiger partial charge in [-0.15, -0.1) is 0 Å². The van der Waals surface area contributed by atoms with E-state index in [1.165, 1.54) is 0 Å². The SMILES string of the molecule is Cc1ccc(NC(=O)N(CCN(C)C)C2CCS(=O)(=O)C2)cc1. The minimum atomic E-state index is -3.03. The number of hydrogen-bond donors (Lipinski definition) is 1. The molecule has 6 nitrogen and oxygen atoms in total. The van der Waals surface area contributed by atoms with E-state index in [2.05, 4.69) is 5.32 Å². The number of amides is 2. The minimum Gasteiger partial charge on any atom is -0.319 e. The van der Waals surface area contributed by atoms with Gasteiger partial charge in [-0.25, -0.2) is 13.2 Å². The molecule has 0 bridgehead atoms. The number of nitrogens with zero attached hydrogens (tertiary/aromatic N) is 2. The monoisotopic (exact) mass is 339 g/mol. The van der Waals surface area contributed by atoms with Crippen molar-refractivity contribution in [2.24, 2.45) is 0 Å². The molecule has 0 spiro atoms. The van der Waals surface area contributed by atoms with Crippen LogP contribution in [0, 0.1) is 6.92 Å². The van der Waals surface area contributed by atoms with Gasteiger partial charge in [0, 0.05) is 24.8 Å². The maximum atomic E-state index is 12.6. The van der Waals surface area contributed by atoms with Gasteiger partial charge < -0.3 is 15.1 Å². The van der Waals surface area contributed by atoms with Crippen LogP contribution in [0.3, 0.4) is 0 Å². The van der Waals surface area contributed by atoms with Gasteiger partial charge in [-0.05, 0) is 39.6 Å². The molecule has 23 heavy (non-hydrogen) atoms. The molecule has 1 aliphatic heterocycles. The fourth-order valence-electron chi connectivity index (χ4n) is 2.61. The first kappa shape index (κ1) is 17.7. The number of rotatable bonds is 5. The van der Waals surface area contributed by atoms with Gasteiger partial charge in [0.15, 0.2) is 9.84 Å². The normalized spacial score (nSPS) is 19.7. The summed E-state index contributed by atoms with van der Waals surface area (Å²) in [5, 5.41) is 2.87. The fraction of sp³-hybridized carbons (Fsp3) is 0.562. The molecule has 0 saturated carbocycles. The van der Waals surface area contributed by atoms with Gasteiger partial charge in [-0.2, -0.15) is 0 Å². The lowest BCUT2D eigenvalue weighted by molar-refractivity contribution is 0.186. The van der Waals surface area contributed by atoms with Crippen LogP contribution in [-0.2, 0) is 9.84 Å². The quantitative estimate of drug-likeness (QED) is 0.884. The maximum absolute atomic E-state index is 12.6. The molecule has 1 unspecified atom stereocenters. The van der Waals surface area contributed by atoms with Crippen LogP contribution in [-0.4, -0.2) is 69.0 Å². The molecule has 1 aliphatic rings. The molecular formula is C16H25N3O3S. The number of nitrogens with one attached hydrogen (secondary N) is 1. The van der Waals surface area contributed by atoms with E-state index < -0.39 is 9.84 Å². The van der Waals surface area contributed by atoms with Gasteiger partial charge in [-0.1, -0.05) is 17.7 Å². The topological polar surface area (TPSA) is 69.7 Å². The average molecular weight is 339 g/mol. The van der Waals surface area contributed by atoms with Crippen molar-refractivity contribution in [1.29, 1.82) is 0 Å². The molecule has 1 saturated heterocycles. The predicted molar refractivity (Wildman–Crippen MR) is 92.5 cm³/mol. The lowest BCUT2D eigenvalue weighted by Crippen LogP contribution is -2.46. The summed E-state index contributed by atoms with van der Waals surface area (Å²) in [5.41, 5.74) is 1.84. The molecule has 0 aromatic heterocycles. The number of carbonyl (C=O) groups is 1. The van der Waals surface area contributed by atoms with Crippen LogP contribution in [0.2, 0.25) is 0 Å². The van der Waals surface area contributed by atoms with E-state index >= 15 is 0 Å². The number of sulfone groups is 1. The number of aryl methyl sites for hydroxylation is 1. The number of benzene rings is 1. The Morgan fingerprint density at radius 3 is 2.39 bits per heavy atom. The zero-order valence-corrected chi connectivity index (χ0v) is 14.8. The molecule has 1 heterocycles. The summed E-state index contributed by atoms with van der Waals surface area (Å²) in [5.74, 6) is 0.218. The van der Waals surface area contributed by atoms with Crippen molar-refractivity contribution in [2.75, 3.05) is 44.0 Å². The van der Waals surface area contributed by atoms with E-state index in [0.29, 0.717) is 19.5 Å². The van der Waals surface area contributed by atoms with Crippen LogP contribution in [0.5, 0.6) is 0 Å². The minimum absolute atomic E-state index is 0.0573. The molecule has 2 amide bonds. The number of anilines is 1. The number of carbonyl (C=O) groups excluding carboxylic acids is 1. The van der Waals surface area contributed by atoms with Gasteiger partial charge in [0.2, 0.25) is 0 Å². The van der Waals surface area contributed by atoms with Gasteiger partial charge >= 0.3 is 6.03 Å². The number of urea groups is 1. The first-order valence-corrected chi connectivity index (χ1v) is 9.58. The van der Waals surface area contributed by atoms with E-state index in [4.69, 9.17) is 0 Å². The summed E-state index contributed by atoms with van der Waals surface area (Å²) in [7, 11) is 0.838. The van der Waals surface area contributed by atoms with Crippen LogP contribution in [0.15, 0.2) is 24.3 Å². The highest BCUT2D eigenvalue weighted by Crippen LogP contribution is 2.19. The molecule has 1 aromatic carbocycles. The van der Waals surface area contributed by atoms with Crippen LogP contribution < -0.4 is 5.32 Å². The Bertz CT molecular complexity index is 641. The Kier molecular flexibility index (Phi) is 5.64. The lowest BCUT2D eigenvalue weighted by atomic mass is 10.2. The molecular weight excluding hydrogens is 314 g/mol. The zero-order chi connectivity index (χ0) is 17.0. The van der Waals surface area contributed by atoms with Crippen molar-refractivity contribution in [1.82, 2.24) is 9.80 Å². The van der Waals surface area contributed by atoms with Gasteiger partial charge in [-0.3, -0.25) is 0 Å². The third-order valence-corrected chi connectivity index (χ3v) is 5.75. The van der Waals surface area contributed by atoms with Crippen LogP contribution in [0.25, 0.3) is 0 Å². The van der Waals surface area contributed by atoms with Crippen molar-refractivity contribution < 1.29 is 13.2 Å². The van der Waals surface area contributed by atoms with Crippen molar-refractivity contribution in [3.05, 3.63) is 29.8 Å². The van der Waals surface area contributed by atoms with Crippen molar-refractivity contribution in [2.45, 2.75) is 19.4 Å². The molecule has 128 valence electrons. The lowest BCUT2D eigenvalue weighted by Gasteiger charge is -2.29. The average Bonchev–Trinajstić information content (AvgIpc) is 2.81. The Labute approximate surface area is 138 Å². The highest BCUT2D eigenvalue weighted by Gasteiger charge is 2.34. The van der Waals surface area contributed by atoms with Crippen molar-refractivity contribution in [3.8, 4) is 0 Å². The number of likely N-dealkylation sites (N-methyl/N-ethyl adjacent to an activating group) is 1. The van der Waals surface area contributed by atoms with Crippen LogP contribution in [0.1, 0.15) is 12.0 Å². The number of hydrogen-bond acceptors (Lipinski definition) is 4. The van der Waals surface area contributed by atoms with Gasteiger partial charge in [0.1, 0.15) is 0 Å². The summed E-state index contributed by atoms with van der Waals surface area (Å²) < 4.78 is 23.5. The third-order valence-electron chi connectivity index (χ3n) is 4.00. The van der Waals surface area contributed by atoms with Gasteiger partial charge in [0.05, 0.1) is 11.5 Å². The first-order chi connectivity index (χ1) is 10.8. The summed E-state index contributed by atoms with van der Waals surface area (Å²) in [6, 6.07) is 7.08. The highest BCUT2D eigenvalue weighted by atomic mass is 32.2. The first-order valence-electron chi connectivity index (χ1n) is 7.76. The Hall–Kier alpha value is -1.60. The summed E-state index contributed by atoms with van der Waals surface area (Å²) in [6.45, 7) is 3.18. The maximum Gasteiger partial charge on any atom is 0.322 e. The molecule has 2 rings (SSSR count). The molecule has 0 aliphatic carbocycles. The van der Waals surface area contributed by atoms with E-state index in [-0.39, 0.29) is 23.6 Å². The fourth-order valence-corrected chi connectivity index (χ4v) is 4.34. The predicted octanol–water partition coefficient (Wildman–Crippen LogP) is 1.58. The summed E-state index contributed by atoms with van der Waals surface area (Å²) >= 11 is 0. The standard InChI is InChI=1S/C16H25N3O3S/c1-13-4-6-14(7-5-13)17-16(20)19(10-9-18(2)3)15-8-11-23(21,22)12-15/h4-7,15H,8-12H2,1-3H3,(H,17,20). The van der Waals surface area contributed by atoms with Crippen molar-refractivity contribution in [3.63, 3.8) is 0 Å². The van der Waals surface area contributed by atoms with Crippen LogP contribution >= 0.6 is 0 Å². The van der Waals surface area contributed by atoms with E-state index in [0.717, 1.165) is 11.3 Å². The summed E-state index contributed by atoms with van der Waals surface area (Å²) in [4.78, 5) is 16.2. The Morgan fingerprint density at radius 1 is 1.22 bits per heavy atom. The molecule has 0 radical (unpaired) electrons. The second-order valence-corrected chi connectivity index (χ2v) is 8.58. The second-order valence-electron chi connectivity index (χ2n) is 6.35. The molecule has 1 aromatic rings. The second kappa shape index (κ2) is 7.31. The molecule has 1 N–H and O–H groups in total. The highest BCUT2D eigenvalue weighted by molar-refractivity contribution is 7.91. The Balaban J connectivity index is 2.09. The largest absolute Gasteiger partial charge is 0.322 e. The molecule has 7 heteroatoms. The van der Waals surface area contributed by atoms with E-state index in [1.807, 2.05) is 50.2 Å². The third kappa shape index (κ3) is 5.21. The zero-order valence-electron chi connectivity index (χ0n) is 13.9. The van der Waals surface area contributed by atoms with E-state index in [9.17, 15) is 13.2 Å². The molecule has 1 atom stereocenters. The van der Waals surface area contributed by atoms with Gasteiger partial charge in [0.25, 0.3) is 0 Å². The summed E-state index contributed by atoms with van der Waals surface area (Å²) in [6.07, 6.45) is 0.511. The van der Waals surface area contributed by atoms with Crippen molar-refractivity contribution >= 4 is 21.6 Å².